The SMILES string of the molecule is CC(NCC1(C)CCCS1)c1cccnc1. The normalized spacial score (nSPS) is 26.9. The lowest BCUT2D eigenvalue weighted by atomic mass is 10.0. The highest BCUT2D eigenvalue weighted by atomic mass is 32.2. The summed E-state index contributed by atoms with van der Waals surface area (Å²) < 4.78 is 0.441. The van der Waals surface area contributed by atoms with Gasteiger partial charge in [-0.25, -0.2) is 0 Å². The highest BCUT2D eigenvalue weighted by molar-refractivity contribution is 8.00. The summed E-state index contributed by atoms with van der Waals surface area (Å²) in [6, 6.07) is 4.53. The van der Waals surface area contributed by atoms with Crippen molar-refractivity contribution in [1.29, 1.82) is 0 Å². The van der Waals surface area contributed by atoms with Crippen molar-refractivity contribution >= 4 is 11.8 Å². The molecule has 3 heteroatoms. The van der Waals surface area contributed by atoms with Crippen molar-refractivity contribution in [3.63, 3.8) is 0 Å². The Labute approximate surface area is 102 Å². The minimum atomic E-state index is 0.395. The average molecular weight is 236 g/mol. The van der Waals surface area contributed by atoms with Crippen LogP contribution in [0.3, 0.4) is 0 Å². The molecule has 88 valence electrons. The van der Waals surface area contributed by atoms with Gasteiger partial charge in [-0.15, -0.1) is 0 Å². The predicted octanol–water partition coefficient (Wildman–Crippen LogP) is 3.02. The molecular weight excluding hydrogens is 216 g/mol. The Hall–Kier alpha value is -0.540. The number of rotatable bonds is 4. The molecule has 1 saturated heterocycles. The number of hydrogen-bond acceptors (Lipinski definition) is 3. The molecule has 0 amide bonds. The average Bonchev–Trinajstić information content (AvgIpc) is 2.75. The maximum atomic E-state index is 4.16. The second kappa shape index (κ2) is 5.19. The van der Waals surface area contributed by atoms with Crippen molar-refractivity contribution < 1.29 is 0 Å². The fraction of sp³-hybridized carbons (Fsp3) is 0.615. The lowest BCUT2D eigenvalue weighted by Gasteiger charge is -2.25. The summed E-state index contributed by atoms with van der Waals surface area (Å²) in [5.41, 5.74) is 1.27. The first-order valence-corrected chi connectivity index (χ1v) is 6.95. The Morgan fingerprint density at radius 3 is 3.12 bits per heavy atom. The van der Waals surface area contributed by atoms with Gasteiger partial charge in [0.05, 0.1) is 0 Å². The van der Waals surface area contributed by atoms with Crippen molar-refractivity contribution in [2.45, 2.75) is 37.5 Å². The number of pyridine rings is 1. The molecule has 2 rings (SSSR count). The highest BCUT2D eigenvalue weighted by Gasteiger charge is 2.29. The van der Waals surface area contributed by atoms with E-state index in [1.165, 1.54) is 24.2 Å². The molecular formula is C13H20N2S. The van der Waals surface area contributed by atoms with Gasteiger partial charge in [0, 0.05) is 29.7 Å². The lowest BCUT2D eigenvalue weighted by molar-refractivity contribution is 0.490. The number of aromatic nitrogens is 1. The van der Waals surface area contributed by atoms with Crippen LogP contribution in [0.25, 0.3) is 0 Å². The van der Waals surface area contributed by atoms with E-state index in [9.17, 15) is 0 Å². The third-order valence-electron chi connectivity index (χ3n) is 3.27. The molecule has 0 spiro atoms. The van der Waals surface area contributed by atoms with Gasteiger partial charge in [0.2, 0.25) is 0 Å². The second-order valence-electron chi connectivity index (χ2n) is 4.79. The Bertz CT molecular complexity index is 320. The van der Waals surface area contributed by atoms with E-state index in [-0.39, 0.29) is 0 Å². The molecule has 16 heavy (non-hydrogen) atoms. The molecule has 2 nitrogen and oxygen atoms in total. The molecule has 0 aromatic carbocycles. The van der Waals surface area contributed by atoms with Gasteiger partial charge in [-0.2, -0.15) is 11.8 Å². The first-order chi connectivity index (χ1) is 7.70. The topological polar surface area (TPSA) is 24.9 Å². The summed E-state index contributed by atoms with van der Waals surface area (Å²) in [4.78, 5) is 4.16. The molecule has 0 aliphatic carbocycles. The first-order valence-electron chi connectivity index (χ1n) is 5.97. The molecule has 2 unspecified atom stereocenters. The minimum Gasteiger partial charge on any atom is -0.309 e. The Morgan fingerprint density at radius 2 is 2.50 bits per heavy atom. The highest BCUT2D eigenvalue weighted by Crippen LogP contribution is 2.37. The summed E-state index contributed by atoms with van der Waals surface area (Å²) in [5.74, 6) is 1.32. The van der Waals surface area contributed by atoms with E-state index >= 15 is 0 Å². The summed E-state index contributed by atoms with van der Waals surface area (Å²) in [5, 5.41) is 3.62. The van der Waals surface area contributed by atoms with Gasteiger partial charge >= 0.3 is 0 Å². The van der Waals surface area contributed by atoms with Crippen LogP contribution in [-0.4, -0.2) is 22.0 Å². The molecule has 1 N–H and O–H groups in total. The number of nitrogens with zero attached hydrogens (tertiary/aromatic N) is 1. The molecule has 1 aromatic heterocycles. The summed E-state index contributed by atoms with van der Waals surface area (Å²) in [6.45, 7) is 5.67. The van der Waals surface area contributed by atoms with Crippen LogP contribution >= 0.6 is 11.8 Å². The largest absolute Gasteiger partial charge is 0.309 e. The van der Waals surface area contributed by atoms with Crippen molar-refractivity contribution in [3.8, 4) is 0 Å². The number of thioether (sulfide) groups is 1. The Kier molecular flexibility index (Phi) is 3.87. The van der Waals surface area contributed by atoms with Crippen LogP contribution in [0.2, 0.25) is 0 Å². The number of hydrogen-bond donors (Lipinski definition) is 1. The third kappa shape index (κ3) is 2.98. The summed E-state index contributed by atoms with van der Waals surface area (Å²) in [6.07, 6.45) is 6.47. The van der Waals surface area contributed by atoms with Gasteiger partial charge in [0.15, 0.2) is 0 Å². The minimum absolute atomic E-state index is 0.395. The third-order valence-corrected chi connectivity index (χ3v) is 4.81. The van der Waals surface area contributed by atoms with Crippen LogP contribution in [0.4, 0.5) is 0 Å². The zero-order chi connectivity index (χ0) is 11.4. The summed E-state index contributed by atoms with van der Waals surface area (Å²) in [7, 11) is 0. The van der Waals surface area contributed by atoms with Crippen molar-refractivity contribution in [3.05, 3.63) is 30.1 Å². The van der Waals surface area contributed by atoms with Gasteiger partial charge in [-0.05, 0) is 44.1 Å². The molecule has 0 saturated carbocycles. The van der Waals surface area contributed by atoms with Gasteiger partial charge in [0.1, 0.15) is 0 Å². The molecule has 0 bridgehead atoms. The fourth-order valence-corrected chi connectivity index (χ4v) is 3.35. The fourth-order valence-electron chi connectivity index (χ4n) is 2.10. The van der Waals surface area contributed by atoms with Crippen LogP contribution in [0.5, 0.6) is 0 Å². The van der Waals surface area contributed by atoms with Crippen LogP contribution in [0, 0.1) is 0 Å². The zero-order valence-electron chi connectivity index (χ0n) is 10.1. The Morgan fingerprint density at radius 1 is 1.62 bits per heavy atom. The monoisotopic (exact) mass is 236 g/mol. The number of nitrogens with one attached hydrogen (secondary N) is 1. The maximum absolute atomic E-state index is 4.16. The van der Waals surface area contributed by atoms with E-state index in [4.69, 9.17) is 0 Å². The summed E-state index contributed by atoms with van der Waals surface area (Å²) >= 11 is 2.10. The van der Waals surface area contributed by atoms with E-state index in [0.717, 1.165) is 6.54 Å². The van der Waals surface area contributed by atoms with E-state index in [0.29, 0.717) is 10.8 Å². The Balaban J connectivity index is 1.86. The van der Waals surface area contributed by atoms with Crippen molar-refractivity contribution in [2.75, 3.05) is 12.3 Å². The van der Waals surface area contributed by atoms with E-state index in [1.54, 1.807) is 0 Å². The van der Waals surface area contributed by atoms with E-state index in [1.807, 2.05) is 18.5 Å². The predicted molar refractivity (Wildman–Crippen MR) is 70.8 cm³/mol. The van der Waals surface area contributed by atoms with Gasteiger partial charge < -0.3 is 5.32 Å². The molecule has 1 aliphatic heterocycles. The second-order valence-corrected chi connectivity index (χ2v) is 6.47. The first kappa shape index (κ1) is 11.9. The van der Waals surface area contributed by atoms with Crippen LogP contribution in [0.1, 0.15) is 38.3 Å². The lowest BCUT2D eigenvalue weighted by Crippen LogP contribution is -2.34. The quantitative estimate of drug-likeness (QED) is 0.870. The molecule has 1 fully saturated rings. The van der Waals surface area contributed by atoms with Crippen molar-refractivity contribution in [2.24, 2.45) is 0 Å². The van der Waals surface area contributed by atoms with Gasteiger partial charge in [0.25, 0.3) is 0 Å². The zero-order valence-corrected chi connectivity index (χ0v) is 10.9. The molecule has 2 atom stereocenters. The standard InChI is InChI=1S/C13H20N2S/c1-11(12-5-3-7-14-9-12)15-10-13(2)6-4-8-16-13/h3,5,7,9,11,15H,4,6,8,10H2,1-2H3. The van der Waals surface area contributed by atoms with E-state index in [2.05, 4.69) is 42.0 Å². The van der Waals surface area contributed by atoms with Crippen molar-refractivity contribution in [1.82, 2.24) is 10.3 Å². The van der Waals surface area contributed by atoms with Gasteiger partial charge in [-0.1, -0.05) is 6.07 Å². The molecule has 1 aromatic rings. The molecule has 2 heterocycles. The molecule has 1 aliphatic rings. The molecule has 0 radical (unpaired) electrons. The van der Waals surface area contributed by atoms with Crippen LogP contribution < -0.4 is 5.32 Å². The smallest absolute Gasteiger partial charge is 0.0315 e. The van der Waals surface area contributed by atoms with Crippen LogP contribution in [-0.2, 0) is 0 Å². The van der Waals surface area contributed by atoms with Crippen LogP contribution in [0.15, 0.2) is 24.5 Å². The maximum Gasteiger partial charge on any atom is 0.0315 e. The van der Waals surface area contributed by atoms with E-state index < -0.39 is 0 Å². The van der Waals surface area contributed by atoms with Gasteiger partial charge in [-0.3, -0.25) is 4.98 Å².